The predicted octanol–water partition coefficient (Wildman–Crippen LogP) is 2.16. The first kappa shape index (κ1) is 15.0. The molecule has 0 unspecified atom stereocenters. The Kier molecular flexibility index (Phi) is 3.65. The second kappa shape index (κ2) is 5.10. The Hall–Kier alpha value is -0.870. The molecule has 0 aromatic carbocycles. The van der Waals surface area contributed by atoms with Crippen LogP contribution in [0, 0.1) is 16.2 Å². The van der Waals surface area contributed by atoms with Gasteiger partial charge in [-0.3, -0.25) is 0 Å². The van der Waals surface area contributed by atoms with Crippen molar-refractivity contribution < 1.29 is 0 Å². The van der Waals surface area contributed by atoms with Gasteiger partial charge in [-0.2, -0.15) is 0 Å². The minimum atomic E-state index is 0.0860. The molecule has 1 heterocycles. The summed E-state index contributed by atoms with van der Waals surface area (Å²) in [6, 6.07) is 0. The molecule has 4 aliphatic rings. The maximum atomic E-state index is 7.67. The summed E-state index contributed by atoms with van der Waals surface area (Å²) in [6.45, 7) is 7.36. The monoisotopic (exact) mass is 290 g/mol. The van der Waals surface area contributed by atoms with Crippen LogP contribution in [0.4, 0.5) is 0 Å². The zero-order chi connectivity index (χ0) is 15.1. The average molecular weight is 290 g/mol. The van der Waals surface area contributed by atoms with Gasteiger partial charge in [0.05, 0.1) is 0 Å². The first-order chi connectivity index (χ1) is 9.88. The van der Waals surface area contributed by atoms with Crippen LogP contribution < -0.4 is 16.4 Å². The lowest BCUT2D eigenvalue weighted by molar-refractivity contribution is 0.0454. The van der Waals surface area contributed by atoms with Crippen LogP contribution in [0.3, 0.4) is 0 Å². The Morgan fingerprint density at radius 3 is 2.38 bits per heavy atom. The maximum Gasteiger partial charge on any atom is 0.0240 e. The molecule has 0 aromatic heterocycles. The topological polar surface area (TPSA) is 73.9 Å². The molecule has 4 rings (SSSR count). The summed E-state index contributed by atoms with van der Waals surface area (Å²) in [5.41, 5.74) is 9.49. The summed E-state index contributed by atoms with van der Waals surface area (Å²) in [5, 5.41) is 14.8. The highest BCUT2D eigenvalue weighted by molar-refractivity contribution is 5.78. The van der Waals surface area contributed by atoms with Crippen molar-refractivity contribution in [2.75, 3.05) is 19.6 Å². The summed E-state index contributed by atoms with van der Waals surface area (Å²) in [6.07, 6.45) is 8.88. The molecule has 4 heteroatoms. The molecule has 0 amide bonds. The van der Waals surface area contributed by atoms with Gasteiger partial charge in [0.2, 0.25) is 0 Å². The average Bonchev–Trinajstić information content (AvgIpc) is 2.47. The van der Waals surface area contributed by atoms with Crippen molar-refractivity contribution in [2.24, 2.45) is 16.6 Å². The highest BCUT2D eigenvalue weighted by Crippen LogP contribution is 2.51. The van der Waals surface area contributed by atoms with Crippen LogP contribution in [-0.4, -0.2) is 31.4 Å². The molecular weight excluding hydrogens is 260 g/mol. The summed E-state index contributed by atoms with van der Waals surface area (Å²) in [7, 11) is 0. The summed E-state index contributed by atoms with van der Waals surface area (Å²) < 4.78 is 0. The lowest BCUT2D eigenvalue weighted by Crippen LogP contribution is -2.55. The van der Waals surface area contributed by atoms with E-state index in [1.165, 1.54) is 50.4 Å². The molecular formula is C17H30N4. The van der Waals surface area contributed by atoms with E-state index in [0.717, 1.165) is 25.2 Å². The van der Waals surface area contributed by atoms with Gasteiger partial charge >= 0.3 is 0 Å². The standard InChI is InChI=1S/C17H30N4/c1-15(2)11-20-10-13(9-18)14(15)21-12-16-3-6-17(19,7-4-16)8-5-16/h9,18,20-21H,3-8,10-12,19H2,1-2H3. The Balaban J connectivity index is 1.72. The van der Waals surface area contributed by atoms with Crippen molar-refractivity contribution in [2.45, 2.75) is 57.9 Å². The molecule has 5 N–H and O–H groups in total. The highest BCUT2D eigenvalue weighted by Gasteiger charge is 2.46. The van der Waals surface area contributed by atoms with Gasteiger partial charge in [0.15, 0.2) is 0 Å². The molecule has 118 valence electrons. The number of nitrogens with one attached hydrogen (secondary N) is 3. The van der Waals surface area contributed by atoms with Crippen molar-refractivity contribution >= 4 is 6.21 Å². The van der Waals surface area contributed by atoms with Gasteiger partial charge in [-0.25, -0.2) is 0 Å². The predicted molar refractivity (Wildman–Crippen MR) is 87.5 cm³/mol. The van der Waals surface area contributed by atoms with Crippen molar-refractivity contribution in [1.29, 1.82) is 5.41 Å². The van der Waals surface area contributed by atoms with Crippen molar-refractivity contribution in [3.05, 3.63) is 11.3 Å². The quantitative estimate of drug-likeness (QED) is 0.600. The Bertz CT molecular complexity index is 439. The van der Waals surface area contributed by atoms with Crippen LogP contribution in [0.1, 0.15) is 52.4 Å². The van der Waals surface area contributed by atoms with E-state index < -0.39 is 0 Å². The molecule has 2 bridgehead atoms. The van der Waals surface area contributed by atoms with Gasteiger partial charge in [-0.1, -0.05) is 13.8 Å². The van der Waals surface area contributed by atoms with Crippen LogP contribution in [0.2, 0.25) is 0 Å². The van der Waals surface area contributed by atoms with Gasteiger partial charge in [0, 0.05) is 48.1 Å². The molecule has 0 aromatic rings. The number of fused-ring (bicyclic) bond motifs is 3. The summed E-state index contributed by atoms with van der Waals surface area (Å²) >= 11 is 0. The van der Waals surface area contributed by atoms with E-state index in [0.29, 0.717) is 5.41 Å². The SMILES string of the molecule is CC1(C)CNCC(C=N)=C1NCC12CCC(N)(CC1)CC2. The third-order valence-electron chi connectivity index (χ3n) is 6.15. The zero-order valence-corrected chi connectivity index (χ0v) is 13.5. The lowest BCUT2D eigenvalue weighted by Gasteiger charge is -2.52. The highest BCUT2D eigenvalue weighted by atomic mass is 15.0. The smallest absolute Gasteiger partial charge is 0.0240 e. The molecule has 1 aliphatic heterocycles. The third-order valence-corrected chi connectivity index (χ3v) is 6.15. The Labute approximate surface area is 128 Å². The first-order valence-corrected chi connectivity index (χ1v) is 8.36. The molecule has 0 saturated heterocycles. The minimum absolute atomic E-state index is 0.0860. The van der Waals surface area contributed by atoms with Gasteiger partial charge in [-0.05, 0) is 43.9 Å². The first-order valence-electron chi connectivity index (χ1n) is 8.36. The fourth-order valence-corrected chi connectivity index (χ4v) is 4.43. The number of hydrogen-bond acceptors (Lipinski definition) is 4. The fourth-order valence-electron chi connectivity index (χ4n) is 4.43. The van der Waals surface area contributed by atoms with Gasteiger partial charge < -0.3 is 21.8 Å². The van der Waals surface area contributed by atoms with Gasteiger partial charge in [0.1, 0.15) is 0 Å². The van der Waals surface area contributed by atoms with E-state index in [2.05, 4.69) is 24.5 Å². The molecule has 3 fully saturated rings. The summed E-state index contributed by atoms with van der Waals surface area (Å²) in [4.78, 5) is 0. The number of nitrogens with two attached hydrogens (primary N) is 1. The Morgan fingerprint density at radius 1 is 1.19 bits per heavy atom. The molecule has 0 radical (unpaired) electrons. The molecule has 21 heavy (non-hydrogen) atoms. The van der Waals surface area contributed by atoms with Crippen molar-refractivity contribution in [1.82, 2.24) is 10.6 Å². The van der Waals surface area contributed by atoms with E-state index in [1.807, 2.05) is 0 Å². The maximum absolute atomic E-state index is 7.67. The van der Waals surface area contributed by atoms with Crippen LogP contribution in [-0.2, 0) is 0 Å². The molecule has 0 atom stereocenters. The van der Waals surface area contributed by atoms with Crippen LogP contribution in [0.5, 0.6) is 0 Å². The van der Waals surface area contributed by atoms with Crippen molar-refractivity contribution in [3.63, 3.8) is 0 Å². The summed E-state index contributed by atoms with van der Waals surface area (Å²) in [5.74, 6) is 0. The normalized spacial score (nSPS) is 38.4. The van der Waals surface area contributed by atoms with E-state index >= 15 is 0 Å². The largest absolute Gasteiger partial charge is 0.387 e. The Morgan fingerprint density at radius 2 is 1.81 bits per heavy atom. The molecule has 4 nitrogen and oxygen atoms in total. The molecule has 3 saturated carbocycles. The molecule has 0 spiro atoms. The van der Waals surface area contributed by atoms with E-state index in [1.54, 1.807) is 0 Å². The lowest BCUT2D eigenvalue weighted by atomic mass is 9.57. The van der Waals surface area contributed by atoms with E-state index in [9.17, 15) is 0 Å². The van der Waals surface area contributed by atoms with Gasteiger partial charge in [-0.15, -0.1) is 0 Å². The van der Waals surface area contributed by atoms with Gasteiger partial charge in [0.25, 0.3) is 0 Å². The number of hydrogen-bond donors (Lipinski definition) is 4. The van der Waals surface area contributed by atoms with Crippen LogP contribution in [0.25, 0.3) is 0 Å². The third kappa shape index (κ3) is 2.76. The van der Waals surface area contributed by atoms with E-state index in [-0.39, 0.29) is 11.0 Å². The zero-order valence-electron chi connectivity index (χ0n) is 13.5. The molecule has 3 aliphatic carbocycles. The van der Waals surface area contributed by atoms with Crippen LogP contribution >= 0.6 is 0 Å². The number of rotatable bonds is 4. The van der Waals surface area contributed by atoms with E-state index in [4.69, 9.17) is 11.1 Å². The fraction of sp³-hybridized carbons (Fsp3) is 0.824. The van der Waals surface area contributed by atoms with Crippen molar-refractivity contribution in [3.8, 4) is 0 Å². The second-order valence-electron chi connectivity index (χ2n) is 8.25. The minimum Gasteiger partial charge on any atom is -0.387 e. The van der Waals surface area contributed by atoms with Crippen LogP contribution in [0.15, 0.2) is 11.3 Å². The second-order valence-corrected chi connectivity index (χ2v) is 8.25.